The Balaban J connectivity index is 2.30. The van der Waals surface area contributed by atoms with Crippen molar-refractivity contribution in [1.29, 1.82) is 0 Å². The zero-order valence-electron chi connectivity index (χ0n) is 29.2. The summed E-state index contributed by atoms with van der Waals surface area (Å²) in [5, 5.41) is 9.81. The summed E-state index contributed by atoms with van der Waals surface area (Å²) in [6.45, 7) is 22.3. The van der Waals surface area contributed by atoms with Gasteiger partial charge in [0, 0.05) is 0 Å². The van der Waals surface area contributed by atoms with Crippen molar-refractivity contribution < 1.29 is 23.8 Å². The van der Waals surface area contributed by atoms with E-state index in [1.54, 1.807) is 13.0 Å². The molecular weight excluding hydrogens is 577 g/mol. The van der Waals surface area contributed by atoms with Gasteiger partial charge in [-0.1, -0.05) is 95.3 Å². The highest BCUT2D eigenvalue weighted by molar-refractivity contribution is 6.74. The lowest BCUT2D eigenvalue weighted by Crippen LogP contribution is -2.44. The van der Waals surface area contributed by atoms with Crippen molar-refractivity contribution in [2.75, 3.05) is 0 Å². The molecule has 0 saturated carbocycles. The number of carbonyl (C=O) groups is 1. The molecule has 0 heterocycles. The third kappa shape index (κ3) is 13.1. The minimum atomic E-state index is -1.94. The monoisotopic (exact) mass is 632 g/mol. The predicted octanol–water partition coefficient (Wildman–Crippen LogP) is 9.91. The minimum Gasteiger partial charge on any atom is -0.481 e. The lowest BCUT2D eigenvalue weighted by atomic mass is 9.95. The number of hydrogen-bond donors (Lipinski definition) is 1. The third-order valence-electron chi connectivity index (χ3n) is 8.71. The van der Waals surface area contributed by atoms with Crippen molar-refractivity contribution in [3.63, 3.8) is 0 Å². The molecule has 0 amide bonds. The van der Waals surface area contributed by atoms with E-state index in [0.29, 0.717) is 13.2 Å². The second-order valence-electron chi connectivity index (χ2n) is 13.7. The summed E-state index contributed by atoms with van der Waals surface area (Å²) in [6.07, 6.45) is 4.64. The van der Waals surface area contributed by atoms with E-state index in [2.05, 4.69) is 84.3 Å². The zero-order valence-corrected chi connectivity index (χ0v) is 30.2. The van der Waals surface area contributed by atoms with Crippen LogP contribution in [-0.2, 0) is 31.9 Å². The van der Waals surface area contributed by atoms with Crippen LogP contribution < -0.4 is 0 Å². The van der Waals surface area contributed by atoms with Crippen LogP contribution >= 0.6 is 0 Å². The highest BCUT2D eigenvalue weighted by Crippen LogP contribution is 2.38. The van der Waals surface area contributed by atoms with E-state index < -0.39 is 26.3 Å². The van der Waals surface area contributed by atoms with Crippen molar-refractivity contribution in [3.05, 3.63) is 107 Å². The maximum Gasteiger partial charge on any atom is 0.309 e. The predicted molar refractivity (Wildman–Crippen MR) is 188 cm³/mol. The Morgan fingerprint density at radius 1 is 0.867 bits per heavy atom. The summed E-state index contributed by atoms with van der Waals surface area (Å²) in [7, 11) is -1.94. The first kappa shape index (κ1) is 38.2. The van der Waals surface area contributed by atoms with Gasteiger partial charge >= 0.3 is 5.97 Å². The molecule has 0 aromatic heterocycles. The van der Waals surface area contributed by atoms with Gasteiger partial charge in [-0.3, -0.25) is 4.79 Å². The van der Waals surface area contributed by atoms with E-state index >= 15 is 0 Å². The summed E-state index contributed by atoms with van der Waals surface area (Å²) < 4.78 is 19.3. The Labute approximate surface area is 273 Å². The topological polar surface area (TPSA) is 65.0 Å². The van der Waals surface area contributed by atoms with Gasteiger partial charge in [-0.2, -0.15) is 0 Å². The van der Waals surface area contributed by atoms with Gasteiger partial charge in [-0.15, -0.1) is 11.5 Å². The van der Waals surface area contributed by atoms with Gasteiger partial charge < -0.3 is 19.0 Å². The first-order chi connectivity index (χ1) is 21.1. The van der Waals surface area contributed by atoms with Crippen molar-refractivity contribution in [3.8, 4) is 0 Å². The summed E-state index contributed by atoms with van der Waals surface area (Å²) >= 11 is 0. The Kier molecular flexibility index (Phi) is 15.5. The van der Waals surface area contributed by atoms with Crippen LogP contribution in [0, 0.1) is 11.8 Å². The molecule has 0 radical (unpaired) electrons. The summed E-state index contributed by atoms with van der Waals surface area (Å²) in [4.78, 5) is 11.8. The van der Waals surface area contributed by atoms with Crippen LogP contribution in [0.2, 0.25) is 18.1 Å². The van der Waals surface area contributed by atoms with E-state index in [4.69, 9.17) is 13.9 Å². The SMILES string of the molecule is CCC(O[Si](C)(C)C(C)(C)C)C(C)=C=CC(OCc1ccccc1)C(C)CC(C)=C=CC(OCc1ccccc1)C(C)C(=O)O. The fourth-order valence-corrected chi connectivity index (χ4v) is 5.99. The smallest absolute Gasteiger partial charge is 0.309 e. The molecule has 6 heteroatoms. The molecule has 2 aromatic rings. The Morgan fingerprint density at radius 3 is 1.82 bits per heavy atom. The zero-order chi connectivity index (χ0) is 33.6. The molecule has 5 nitrogen and oxygen atoms in total. The van der Waals surface area contributed by atoms with E-state index in [9.17, 15) is 9.90 Å². The van der Waals surface area contributed by atoms with Crippen LogP contribution in [-0.4, -0.2) is 37.7 Å². The fraction of sp³-hybridized carbons (Fsp3) is 0.513. The summed E-state index contributed by atoms with van der Waals surface area (Å²) in [5.74, 6) is -1.48. The molecule has 0 aliphatic rings. The molecule has 5 atom stereocenters. The van der Waals surface area contributed by atoms with E-state index in [1.165, 1.54) is 0 Å². The molecule has 0 saturated heterocycles. The third-order valence-corrected chi connectivity index (χ3v) is 13.2. The number of carboxylic acid groups (broad SMARTS) is 1. The van der Waals surface area contributed by atoms with Gasteiger partial charge in [0.15, 0.2) is 8.32 Å². The Bertz CT molecular complexity index is 1310. The number of rotatable bonds is 17. The molecule has 1 N–H and O–H groups in total. The van der Waals surface area contributed by atoms with Crippen LogP contribution in [0.3, 0.4) is 0 Å². The molecule has 5 unspecified atom stereocenters. The maximum absolute atomic E-state index is 11.8. The normalized spacial score (nSPS) is 15.1. The highest BCUT2D eigenvalue weighted by atomic mass is 28.4. The lowest BCUT2D eigenvalue weighted by molar-refractivity contribution is -0.145. The maximum atomic E-state index is 11.8. The summed E-state index contributed by atoms with van der Waals surface area (Å²) in [5.41, 5.74) is 11.1. The number of hydrogen-bond acceptors (Lipinski definition) is 4. The van der Waals surface area contributed by atoms with Gasteiger partial charge in [0.05, 0.1) is 37.4 Å². The first-order valence-corrected chi connectivity index (χ1v) is 19.1. The van der Waals surface area contributed by atoms with E-state index in [0.717, 1.165) is 35.1 Å². The number of aliphatic carboxylic acids is 1. The number of ether oxygens (including phenoxy) is 2. The quantitative estimate of drug-likeness (QED) is 0.139. The molecule has 0 aliphatic heterocycles. The second-order valence-corrected chi connectivity index (χ2v) is 18.4. The molecule has 45 heavy (non-hydrogen) atoms. The molecule has 0 aliphatic carbocycles. The van der Waals surface area contributed by atoms with Crippen LogP contribution in [0.5, 0.6) is 0 Å². The first-order valence-electron chi connectivity index (χ1n) is 16.2. The Morgan fingerprint density at radius 2 is 1.36 bits per heavy atom. The van der Waals surface area contributed by atoms with Crippen molar-refractivity contribution in [2.24, 2.45) is 11.8 Å². The number of carboxylic acids is 1. The largest absolute Gasteiger partial charge is 0.481 e. The van der Waals surface area contributed by atoms with Gasteiger partial charge in [-0.25, -0.2) is 0 Å². The molecule has 246 valence electrons. The van der Waals surface area contributed by atoms with Crippen LogP contribution in [0.25, 0.3) is 0 Å². The molecule has 0 fully saturated rings. The van der Waals surface area contributed by atoms with Crippen molar-refractivity contribution in [2.45, 2.75) is 118 Å². The average molecular weight is 633 g/mol. The molecule has 2 rings (SSSR count). The standard InChI is InChI=1S/C39H56O5Si/c1-11-35(44-45(9,10)39(6,7)8)30(3)23-25-36(42-27-33-18-14-12-15-19-33)31(4)26-29(2)22-24-37(32(5)38(40)41)43-28-34-20-16-13-17-21-34/h12-21,24-25,31-32,35-37H,11,26-28H2,1-10H3,(H,40,41). The van der Waals surface area contributed by atoms with Gasteiger partial charge in [0.25, 0.3) is 0 Å². The average Bonchev–Trinajstić information content (AvgIpc) is 2.99. The highest BCUT2D eigenvalue weighted by Gasteiger charge is 2.39. The molecule has 0 spiro atoms. The van der Waals surface area contributed by atoms with Crippen molar-refractivity contribution >= 4 is 14.3 Å². The van der Waals surface area contributed by atoms with Gasteiger partial charge in [0.1, 0.15) is 0 Å². The van der Waals surface area contributed by atoms with Gasteiger partial charge in [-0.05, 0) is 92.1 Å². The minimum absolute atomic E-state index is 0.0147. The van der Waals surface area contributed by atoms with Crippen LogP contribution in [0.1, 0.15) is 79.4 Å². The fourth-order valence-electron chi connectivity index (χ4n) is 4.59. The van der Waals surface area contributed by atoms with Crippen molar-refractivity contribution in [1.82, 2.24) is 0 Å². The van der Waals surface area contributed by atoms with E-state index in [-0.39, 0.29) is 23.2 Å². The molecular formula is C39H56O5Si. The lowest BCUT2D eigenvalue weighted by Gasteiger charge is -2.39. The number of benzene rings is 2. The van der Waals surface area contributed by atoms with E-state index in [1.807, 2.05) is 55.5 Å². The Hall–Kier alpha value is -2.95. The van der Waals surface area contributed by atoms with Gasteiger partial charge in [0.2, 0.25) is 0 Å². The van der Waals surface area contributed by atoms with Crippen LogP contribution in [0.15, 0.2) is 95.4 Å². The molecule has 0 bridgehead atoms. The van der Waals surface area contributed by atoms with Crippen LogP contribution in [0.4, 0.5) is 0 Å². The molecule has 2 aromatic carbocycles. The summed E-state index contributed by atoms with van der Waals surface area (Å²) in [6, 6.07) is 20.0. The second kappa shape index (κ2) is 18.3.